The van der Waals surface area contributed by atoms with Crippen molar-refractivity contribution in [2.45, 2.75) is 12.6 Å². The van der Waals surface area contributed by atoms with Crippen molar-refractivity contribution in [1.82, 2.24) is 10.4 Å². The Morgan fingerprint density at radius 2 is 1.85 bits per heavy atom. The summed E-state index contributed by atoms with van der Waals surface area (Å²) in [4.78, 5) is 12.5. The molecule has 134 valence electrons. The molecule has 0 bridgehead atoms. The molecule has 2 aliphatic rings. The molecular formula is C19H16F3N3O. The van der Waals surface area contributed by atoms with Crippen molar-refractivity contribution in [3.8, 4) is 0 Å². The topological polar surface area (TPSA) is 44.4 Å². The molecule has 0 spiro atoms. The minimum atomic E-state index is -4.39. The van der Waals surface area contributed by atoms with Crippen molar-refractivity contribution in [1.29, 1.82) is 0 Å². The molecule has 26 heavy (non-hydrogen) atoms. The Hall–Kier alpha value is -2.96. The lowest BCUT2D eigenvalue weighted by Gasteiger charge is -2.33. The minimum Gasteiger partial charge on any atom is -0.306 e. The molecule has 2 aromatic rings. The first kappa shape index (κ1) is 16.5. The third kappa shape index (κ3) is 3.00. The number of carbonyl (C=O) groups is 1. The molecule has 1 fully saturated rings. The van der Waals surface area contributed by atoms with Crippen LogP contribution in [0.5, 0.6) is 0 Å². The number of urea groups is 1. The van der Waals surface area contributed by atoms with Crippen LogP contribution in [0.3, 0.4) is 0 Å². The molecule has 1 aliphatic carbocycles. The van der Waals surface area contributed by atoms with Gasteiger partial charge in [-0.05, 0) is 35.9 Å². The molecule has 7 heteroatoms. The zero-order chi connectivity index (χ0) is 18.3. The molecule has 0 radical (unpaired) electrons. The summed E-state index contributed by atoms with van der Waals surface area (Å²) >= 11 is 0. The van der Waals surface area contributed by atoms with Crippen molar-refractivity contribution in [3.63, 3.8) is 0 Å². The predicted molar refractivity (Wildman–Crippen MR) is 92.0 cm³/mol. The first-order valence-electron chi connectivity index (χ1n) is 8.25. The molecule has 1 unspecified atom stereocenters. The van der Waals surface area contributed by atoms with Crippen LogP contribution in [0.4, 0.5) is 23.7 Å². The van der Waals surface area contributed by atoms with Crippen LogP contribution in [-0.2, 0) is 6.18 Å². The van der Waals surface area contributed by atoms with Gasteiger partial charge in [0.2, 0.25) is 0 Å². The Kier molecular flexibility index (Phi) is 3.86. The zero-order valence-electron chi connectivity index (χ0n) is 13.7. The first-order chi connectivity index (χ1) is 12.4. The van der Waals surface area contributed by atoms with Gasteiger partial charge in [0.15, 0.2) is 0 Å². The van der Waals surface area contributed by atoms with Gasteiger partial charge in [-0.25, -0.2) is 9.80 Å². The van der Waals surface area contributed by atoms with E-state index in [9.17, 15) is 18.0 Å². The van der Waals surface area contributed by atoms with Crippen LogP contribution >= 0.6 is 0 Å². The lowest BCUT2D eigenvalue weighted by atomic mass is 10.0. The summed E-state index contributed by atoms with van der Waals surface area (Å²) in [5, 5.41) is 6.30. The number of fused-ring (bicyclic) bond motifs is 2. The monoisotopic (exact) mass is 359 g/mol. The van der Waals surface area contributed by atoms with E-state index in [0.717, 1.165) is 34.7 Å². The van der Waals surface area contributed by atoms with Gasteiger partial charge in [-0.2, -0.15) is 13.2 Å². The summed E-state index contributed by atoms with van der Waals surface area (Å²) in [6.07, 6.45) is -1.42. The summed E-state index contributed by atoms with van der Waals surface area (Å²) in [5.74, 6) is 0.252. The molecule has 4 rings (SSSR count). The van der Waals surface area contributed by atoms with Gasteiger partial charge >= 0.3 is 12.2 Å². The van der Waals surface area contributed by atoms with Crippen LogP contribution in [0.2, 0.25) is 0 Å². The number of nitrogens with one attached hydrogen (secondary N) is 2. The molecule has 1 atom stereocenters. The highest BCUT2D eigenvalue weighted by Crippen LogP contribution is 2.30. The summed E-state index contributed by atoms with van der Waals surface area (Å²) in [5.41, 5.74) is 3.70. The maximum Gasteiger partial charge on any atom is 0.416 e. The van der Waals surface area contributed by atoms with E-state index in [-0.39, 0.29) is 5.92 Å². The summed E-state index contributed by atoms with van der Waals surface area (Å²) in [6, 6.07) is 12.0. The van der Waals surface area contributed by atoms with Crippen molar-refractivity contribution < 1.29 is 18.0 Å². The van der Waals surface area contributed by atoms with Crippen LogP contribution < -0.4 is 21.2 Å². The fraction of sp³-hybridized carbons (Fsp3) is 0.211. The summed E-state index contributed by atoms with van der Waals surface area (Å²) in [6.45, 7) is 0.505. The quantitative estimate of drug-likeness (QED) is 0.822. The van der Waals surface area contributed by atoms with Gasteiger partial charge in [0.1, 0.15) is 0 Å². The van der Waals surface area contributed by atoms with E-state index in [1.807, 2.05) is 24.3 Å². The maximum absolute atomic E-state index is 12.6. The number of halogens is 3. The van der Waals surface area contributed by atoms with Gasteiger partial charge in [0, 0.05) is 29.1 Å². The molecule has 0 saturated carbocycles. The molecule has 1 saturated heterocycles. The predicted octanol–water partition coefficient (Wildman–Crippen LogP) is 2.67. The van der Waals surface area contributed by atoms with Crippen molar-refractivity contribution in [2.24, 2.45) is 5.92 Å². The number of anilines is 1. The SMILES string of the molecule is O=C(Nc1ccc(C(F)(F)F)cc1)N1CCC2C=c3ccccc3=C2N1. The molecule has 2 amide bonds. The molecule has 2 N–H and O–H groups in total. The Morgan fingerprint density at radius 3 is 2.58 bits per heavy atom. The number of benzene rings is 2. The van der Waals surface area contributed by atoms with Crippen LogP contribution in [0.25, 0.3) is 11.8 Å². The van der Waals surface area contributed by atoms with Gasteiger partial charge in [-0.1, -0.05) is 30.3 Å². The number of rotatable bonds is 1. The van der Waals surface area contributed by atoms with E-state index in [1.54, 1.807) is 0 Å². The van der Waals surface area contributed by atoms with Gasteiger partial charge < -0.3 is 5.32 Å². The van der Waals surface area contributed by atoms with Gasteiger partial charge in [0.25, 0.3) is 0 Å². The molecule has 1 aliphatic heterocycles. The van der Waals surface area contributed by atoms with Crippen molar-refractivity contribution in [2.75, 3.05) is 11.9 Å². The van der Waals surface area contributed by atoms with Gasteiger partial charge in [0.05, 0.1) is 5.56 Å². The van der Waals surface area contributed by atoms with Crippen molar-refractivity contribution in [3.05, 3.63) is 64.5 Å². The number of nitrogens with zero attached hydrogens (tertiary/aromatic N) is 1. The van der Waals surface area contributed by atoms with Gasteiger partial charge in [-0.15, -0.1) is 0 Å². The standard InChI is InChI=1S/C19H16F3N3O/c20-19(21,22)14-5-7-15(8-6-14)23-18(26)25-10-9-13-11-12-3-1-2-4-16(12)17(13)24-25/h1-8,11,13,24H,9-10H2,(H,23,26). The van der Waals surface area contributed by atoms with Crippen LogP contribution in [-0.4, -0.2) is 17.6 Å². The molecule has 4 nitrogen and oxygen atoms in total. The Morgan fingerprint density at radius 1 is 1.12 bits per heavy atom. The highest BCUT2D eigenvalue weighted by Gasteiger charge is 2.30. The maximum atomic E-state index is 12.6. The van der Waals surface area contributed by atoms with Crippen LogP contribution in [0.1, 0.15) is 12.0 Å². The molecular weight excluding hydrogens is 343 g/mol. The molecule has 2 aromatic carbocycles. The van der Waals surface area contributed by atoms with Crippen LogP contribution in [0, 0.1) is 5.92 Å². The number of carbonyl (C=O) groups excluding carboxylic acids is 1. The number of hydrogen-bond donors (Lipinski definition) is 2. The number of amides is 2. The Labute approximate surface area is 147 Å². The van der Waals surface area contributed by atoms with Crippen molar-refractivity contribution >= 4 is 23.5 Å². The third-order valence-electron chi connectivity index (χ3n) is 4.63. The zero-order valence-corrected chi connectivity index (χ0v) is 13.7. The highest BCUT2D eigenvalue weighted by molar-refractivity contribution is 5.89. The highest BCUT2D eigenvalue weighted by atomic mass is 19.4. The smallest absolute Gasteiger partial charge is 0.306 e. The first-order valence-corrected chi connectivity index (χ1v) is 8.25. The third-order valence-corrected chi connectivity index (χ3v) is 4.63. The largest absolute Gasteiger partial charge is 0.416 e. The second kappa shape index (κ2) is 6.09. The van der Waals surface area contributed by atoms with E-state index in [4.69, 9.17) is 0 Å². The molecule has 0 aromatic heterocycles. The average Bonchev–Trinajstić information content (AvgIpc) is 2.99. The van der Waals surface area contributed by atoms with Gasteiger partial charge in [-0.3, -0.25) is 5.43 Å². The Bertz CT molecular complexity index is 967. The van der Waals surface area contributed by atoms with E-state index in [0.29, 0.717) is 12.2 Å². The fourth-order valence-corrected chi connectivity index (χ4v) is 3.31. The lowest BCUT2D eigenvalue weighted by Crippen LogP contribution is -2.50. The van der Waals surface area contributed by atoms with E-state index >= 15 is 0 Å². The number of alkyl halides is 3. The second-order valence-corrected chi connectivity index (χ2v) is 6.33. The van der Waals surface area contributed by atoms with E-state index in [1.165, 1.54) is 17.1 Å². The number of hydrazine groups is 1. The average molecular weight is 359 g/mol. The van der Waals surface area contributed by atoms with Crippen LogP contribution in [0.15, 0.2) is 48.5 Å². The summed E-state index contributed by atoms with van der Waals surface area (Å²) < 4.78 is 37.8. The second-order valence-electron chi connectivity index (χ2n) is 6.33. The molecule has 1 heterocycles. The number of hydrogen-bond acceptors (Lipinski definition) is 2. The summed E-state index contributed by atoms with van der Waals surface area (Å²) in [7, 11) is 0. The Balaban J connectivity index is 1.49. The fourth-order valence-electron chi connectivity index (χ4n) is 3.31. The van der Waals surface area contributed by atoms with E-state index < -0.39 is 17.8 Å². The van der Waals surface area contributed by atoms with E-state index in [2.05, 4.69) is 16.8 Å². The lowest BCUT2D eigenvalue weighted by molar-refractivity contribution is -0.137. The normalized spacial score (nSPS) is 18.5. The minimum absolute atomic E-state index is 0.252.